The van der Waals surface area contributed by atoms with E-state index in [9.17, 15) is 19.5 Å². The van der Waals surface area contributed by atoms with E-state index in [4.69, 9.17) is 14.2 Å². The molecule has 1 saturated heterocycles. The second kappa shape index (κ2) is 12.2. The fourth-order valence-electron chi connectivity index (χ4n) is 5.03. The number of Topliss-reactive ketones (excluding diaryl/α,β-unsaturated/α-hetero) is 1. The largest absolute Gasteiger partial charge is 0.507 e. The molecule has 1 aliphatic heterocycles. The number of nitrogens with one attached hydrogen (secondary N) is 1. The molecule has 0 bridgehead atoms. The minimum Gasteiger partial charge on any atom is -0.507 e. The third-order valence-electron chi connectivity index (χ3n) is 7.09. The molecule has 0 spiro atoms. The van der Waals surface area contributed by atoms with Crippen molar-refractivity contribution in [3.8, 4) is 11.5 Å². The Morgan fingerprint density at radius 3 is 2.32 bits per heavy atom. The number of H-pyrrole nitrogens is 1. The van der Waals surface area contributed by atoms with Gasteiger partial charge in [-0.2, -0.15) is 0 Å². The van der Waals surface area contributed by atoms with Crippen LogP contribution in [0.15, 0.2) is 23.8 Å². The molecule has 2 aromatic rings. The summed E-state index contributed by atoms with van der Waals surface area (Å²) in [6.45, 7) is 10.3. The number of hydrogen-bond acceptors (Lipinski definition) is 8. The number of benzene rings is 1. The van der Waals surface area contributed by atoms with Crippen LogP contribution in [0.3, 0.4) is 0 Å². The van der Waals surface area contributed by atoms with E-state index in [1.807, 2.05) is 0 Å². The first kappa shape index (κ1) is 28.8. The maximum Gasteiger partial charge on any atom is 0.354 e. The maximum absolute atomic E-state index is 13.4. The van der Waals surface area contributed by atoms with Crippen molar-refractivity contribution >= 4 is 23.4 Å². The van der Waals surface area contributed by atoms with Gasteiger partial charge < -0.3 is 34.1 Å². The maximum atomic E-state index is 13.4. The van der Waals surface area contributed by atoms with Crippen molar-refractivity contribution in [1.82, 2.24) is 14.8 Å². The monoisotopic (exact) mass is 527 g/mol. The summed E-state index contributed by atoms with van der Waals surface area (Å²) in [4.78, 5) is 45.7. The van der Waals surface area contributed by atoms with Crippen molar-refractivity contribution in [3.63, 3.8) is 0 Å². The Balaban J connectivity index is 2.18. The van der Waals surface area contributed by atoms with E-state index in [0.717, 1.165) is 19.6 Å². The average molecular weight is 528 g/mol. The van der Waals surface area contributed by atoms with Crippen LogP contribution in [-0.2, 0) is 14.3 Å². The lowest BCUT2D eigenvalue weighted by atomic mass is 9.93. The van der Waals surface area contributed by atoms with Crippen molar-refractivity contribution in [1.29, 1.82) is 0 Å². The van der Waals surface area contributed by atoms with Gasteiger partial charge in [-0.1, -0.05) is 19.9 Å². The van der Waals surface area contributed by atoms with Crippen molar-refractivity contribution < 1.29 is 33.7 Å². The highest BCUT2D eigenvalue weighted by Crippen LogP contribution is 2.43. The molecule has 3 rings (SSSR count). The molecule has 0 radical (unpaired) electrons. The van der Waals surface area contributed by atoms with Crippen molar-refractivity contribution in [2.75, 3.05) is 47.5 Å². The molecule has 0 aliphatic carbocycles. The van der Waals surface area contributed by atoms with Crippen LogP contribution in [0, 0.1) is 13.8 Å². The highest BCUT2D eigenvalue weighted by Gasteiger charge is 2.46. The summed E-state index contributed by atoms with van der Waals surface area (Å²) in [5, 5.41) is 11.5. The number of hydrogen-bond donors (Lipinski definition) is 2. The Morgan fingerprint density at radius 2 is 1.74 bits per heavy atom. The lowest BCUT2D eigenvalue weighted by Crippen LogP contribution is -2.33. The summed E-state index contributed by atoms with van der Waals surface area (Å²) in [5.41, 5.74) is 1.89. The molecule has 1 aliphatic rings. The van der Waals surface area contributed by atoms with Crippen molar-refractivity contribution in [3.05, 3.63) is 51.9 Å². The van der Waals surface area contributed by atoms with Crippen LogP contribution in [-0.4, -0.2) is 85.1 Å². The van der Waals surface area contributed by atoms with E-state index in [1.165, 1.54) is 26.2 Å². The number of nitrogens with zero attached hydrogens (tertiary/aromatic N) is 2. The molecule has 10 nitrogen and oxygen atoms in total. The van der Waals surface area contributed by atoms with Crippen LogP contribution in [0.2, 0.25) is 0 Å². The molecule has 38 heavy (non-hydrogen) atoms. The minimum absolute atomic E-state index is 0.0494. The number of aliphatic hydroxyl groups is 1. The number of esters is 1. The van der Waals surface area contributed by atoms with Crippen molar-refractivity contribution in [2.24, 2.45) is 0 Å². The molecule has 1 aromatic heterocycles. The van der Waals surface area contributed by atoms with Gasteiger partial charge in [-0.05, 0) is 63.2 Å². The predicted octanol–water partition coefficient (Wildman–Crippen LogP) is 3.59. The smallest absolute Gasteiger partial charge is 0.354 e. The number of carbonyl (C=O) groups is 3. The third-order valence-corrected chi connectivity index (χ3v) is 7.09. The van der Waals surface area contributed by atoms with Gasteiger partial charge in [0.1, 0.15) is 11.5 Å². The zero-order valence-electron chi connectivity index (χ0n) is 23.1. The van der Waals surface area contributed by atoms with Crippen LogP contribution in [0.5, 0.6) is 11.5 Å². The Bertz CT molecular complexity index is 1240. The topological polar surface area (TPSA) is 121 Å². The number of methoxy groups -OCH3 is 3. The third kappa shape index (κ3) is 5.26. The van der Waals surface area contributed by atoms with E-state index >= 15 is 0 Å². The molecule has 0 saturated carbocycles. The van der Waals surface area contributed by atoms with Gasteiger partial charge in [0.25, 0.3) is 11.7 Å². The van der Waals surface area contributed by atoms with Gasteiger partial charge in [-0.15, -0.1) is 0 Å². The number of amides is 1. The number of rotatable bonds is 11. The second-order valence-electron chi connectivity index (χ2n) is 9.10. The van der Waals surface area contributed by atoms with Gasteiger partial charge in [-0.25, -0.2) is 4.79 Å². The highest BCUT2D eigenvalue weighted by molar-refractivity contribution is 6.46. The second-order valence-corrected chi connectivity index (χ2v) is 9.10. The van der Waals surface area contributed by atoms with Gasteiger partial charge in [-0.3, -0.25) is 9.59 Å². The Morgan fingerprint density at radius 1 is 1.08 bits per heavy atom. The lowest BCUT2D eigenvalue weighted by molar-refractivity contribution is -0.140. The average Bonchev–Trinajstić information content (AvgIpc) is 3.36. The van der Waals surface area contributed by atoms with Gasteiger partial charge in [0.2, 0.25) is 0 Å². The molecule has 1 atom stereocenters. The normalized spacial score (nSPS) is 16.8. The zero-order valence-corrected chi connectivity index (χ0v) is 23.1. The Kier molecular flexibility index (Phi) is 9.22. The summed E-state index contributed by atoms with van der Waals surface area (Å²) in [7, 11) is 4.29. The molecule has 2 heterocycles. The molecule has 1 fully saturated rings. The van der Waals surface area contributed by atoms with E-state index in [2.05, 4.69) is 23.7 Å². The fraction of sp³-hybridized carbons (Fsp3) is 0.464. The van der Waals surface area contributed by atoms with Crippen LogP contribution in [0.4, 0.5) is 0 Å². The van der Waals surface area contributed by atoms with Crippen LogP contribution in [0.1, 0.15) is 59.2 Å². The SMILES string of the molecule is CCN(CC)CCCN1C(=O)C(=O)/C(=C(/O)c2c(C)[nH]c(C(=O)OC)c2C)[C@@H]1c1ccc(OC)c(OC)c1. The summed E-state index contributed by atoms with van der Waals surface area (Å²) < 4.78 is 15.7. The minimum atomic E-state index is -0.859. The van der Waals surface area contributed by atoms with Gasteiger partial charge in [0, 0.05) is 17.8 Å². The van der Waals surface area contributed by atoms with E-state index in [1.54, 1.807) is 32.0 Å². The van der Waals surface area contributed by atoms with Gasteiger partial charge in [0.15, 0.2) is 11.5 Å². The number of aryl methyl sites for hydroxylation is 1. The van der Waals surface area contributed by atoms with E-state index in [0.29, 0.717) is 41.3 Å². The molecule has 1 aromatic carbocycles. The highest BCUT2D eigenvalue weighted by atomic mass is 16.5. The Labute approximate surface area is 223 Å². The number of aromatic amines is 1. The summed E-state index contributed by atoms with van der Waals surface area (Å²) >= 11 is 0. The summed E-state index contributed by atoms with van der Waals surface area (Å²) in [6.07, 6.45) is 0.646. The summed E-state index contributed by atoms with van der Waals surface area (Å²) in [5.74, 6) is -1.50. The van der Waals surface area contributed by atoms with Gasteiger partial charge in [0.05, 0.1) is 32.9 Å². The van der Waals surface area contributed by atoms with Gasteiger partial charge >= 0.3 is 5.97 Å². The molecular weight excluding hydrogens is 490 g/mol. The quantitative estimate of drug-likeness (QED) is 0.197. The van der Waals surface area contributed by atoms with Crippen molar-refractivity contribution in [2.45, 2.75) is 40.2 Å². The lowest BCUT2D eigenvalue weighted by Gasteiger charge is -2.27. The van der Waals surface area contributed by atoms with E-state index in [-0.39, 0.29) is 22.6 Å². The molecule has 2 N–H and O–H groups in total. The molecule has 206 valence electrons. The Hall–Kier alpha value is -3.79. The number of aliphatic hydroxyl groups excluding tert-OH is 1. The summed E-state index contributed by atoms with van der Waals surface area (Å²) in [6, 6.07) is 4.30. The number of likely N-dealkylation sites (tertiary alicyclic amines) is 1. The molecule has 1 amide bonds. The van der Waals surface area contributed by atoms with E-state index < -0.39 is 23.7 Å². The first-order valence-corrected chi connectivity index (χ1v) is 12.6. The molecule has 0 unspecified atom stereocenters. The molecular formula is C28H37N3O7. The number of aromatic nitrogens is 1. The standard InChI is InChI=1S/C28H37N3O7/c1-8-30(9-2)13-10-14-31-24(18-11-12-19(36-5)20(15-18)37-6)22(26(33)27(31)34)25(32)21-16(3)23(28(35)38-7)29-17(21)4/h11-12,15,24,29,32H,8-10,13-14H2,1-7H3/b25-22+/t24-/m0/s1. The van der Waals surface area contributed by atoms with Crippen LogP contribution < -0.4 is 9.47 Å². The number of ketones is 1. The van der Waals surface area contributed by atoms with Crippen LogP contribution in [0.25, 0.3) is 5.76 Å². The zero-order chi connectivity index (χ0) is 28.1. The first-order valence-electron chi connectivity index (χ1n) is 12.6. The fourth-order valence-corrected chi connectivity index (χ4v) is 5.03. The predicted molar refractivity (Wildman–Crippen MR) is 143 cm³/mol. The van der Waals surface area contributed by atoms with Crippen LogP contribution >= 0.6 is 0 Å². The number of carbonyl (C=O) groups excluding carboxylic acids is 3. The number of ether oxygens (including phenoxy) is 3. The molecule has 10 heteroatoms. The first-order chi connectivity index (χ1) is 18.1.